The Hall–Kier alpha value is -0.710. The van der Waals surface area contributed by atoms with Gasteiger partial charge in [0.25, 0.3) is 0 Å². The zero-order valence-corrected chi connectivity index (χ0v) is 14.2. The number of nitrogens with one attached hydrogen (secondary N) is 1. The molecule has 20 heavy (non-hydrogen) atoms. The normalized spacial score (nSPS) is 23.4. The summed E-state index contributed by atoms with van der Waals surface area (Å²) in [6, 6.07) is 9.68. The second-order valence-corrected chi connectivity index (χ2v) is 7.80. The number of aromatic nitrogens is 1. The SMILES string of the molecule is Cc1cnc(C(C)NC2CC(c3cccc(Br)c3)C2)s1. The molecule has 1 saturated carbocycles. The molecule has 0 saturated heterocycles. The maximum atomic E-state index is 4.47. The monoisotopic (exact) mass is 350 g/mol. The van der Waals surface area contributed by atoms with Crippen LogP contribution in [0.4, 0.5) is 0 Å². The van der Waals surface area contributed by atoms with Crippen molar-refractivity contribution in [2.24, 2.45) is 0 Å². The molecule has 4 heteroatoms. The summed E-state index contributed by atoms with van der Waals surface area (Å²) in [7, 11) is 0. The number of halogens is 1. The van der Waals surface area contributed by atoms with Gasteiger partial charge in [0.15, 0.2) is 0 Å². The lowest BCUT2D eigenvalue weighted by molar-refractivity contribution is 0.270. The standard InChI is InChI=1S/C16H19BrN2S/c1-10-9-18-16(20-10)11(2)19-15-7-13(8-15)12-4-3-5-14(17)6-12/h3-6,9,11,13,15,19H,7-8H2,1-2H3. The molecule has 1 fully saturated rings. The van der Waals surface area contributed by atoms with Gasteiger partial charge in [0.1, 0.15) is 5.01 Å². The van der Waals surface area contributed by atoms with Gasteiger partial charge in [-0.15, -0.1) is 11.3 Å². The highest BCUT2D eigenvalue weighted by Gasteiger charge is 2.31. The third kappa shape index (κ3) is 3.13. The lowest BCUT2D eigenvalue weighted by Gasteiger charge is -2.38. The van der Waals surface area contributed by atoms with E-state index in [9.17, 15) is 0 Å². The third-order valence-corrected chi connectivity index (χ3v) is 5.54. The van der Waals surface area contributed by atoms with Crippen LogP contribution in [-0.4, -0.2) is 11.0 Å². The number of hydrogen-bond acceptors (Lipinski definition) is 3. The van der Waals surface area contributed by atoms with Gasteiger partial charge in [-0.25, -0.2) is 4.98 Å². The van der Waals surface area contributed by atoms with Crippen molar-refractivity contribution >= 4 is 27.3 Å². The average Bonchev–Trinajstić information content (AvgIpc) is 2.80. The van der Waals surface area contributed by atoms with Crippen molar-refractivity contribution in [3.8, 4) is 0 Å². The number of nitrogens with zero attached hydrogens (tertiary/aromatic N) is 1. The van der Waals surface area contributed by atoms with Crippen LogP contribution in [0.25, 0.3) is 0 Å². The molecule has 0 radical (unpaired) electrons. The van der Waals surface area contributed by atoms with Crippen LogP contribution in [0.5, 0.6) is 0 Å². The predicted octanol–water partition coefficient (Wildman–Crippen LogP) is 4.81. The number of thiazole rings is 1. The molecule has 2 aromatic rings. The van der Waals surface area contributed by atoms with Gasteiger partial charge in [0, 0.05) is 21.6 Å². The van der Waals surface area contributed by atoms with Crippen LogP contribution in [0.1, 0.15) is 47.2 Å². The zero-order chi connectivity index (χ0) is 14.1. The van der Waals surface area contributed by atoms with Gasteiger partial charge in [0.05, 0.1) is 6.04 Å². The highest BCUT2D eigenvalue weighted by Crippen LogP contribution is 2.38. The predicted molar refractivity (Wildman–Crippen MR) is 88.3 cm³/mol. The smallest absolute Gasteiger partial charge is 0.109 e. The maximum Gasteiger partial charge on any atom is 0.109 e. The molecular weight excluding hydrogens is 332 g/mol. The summed E-state index contributed by atoms with van der Waals surface area (Å²) in [5.74, 6) is 0.704. The van der Waals surface area contributed by atoms with E-state index < -0.39 is 0 Å². The highest BCUT2D eigenvalue weighted by atomic mass is 79.9. The van der Waals surface area contributed by atoms with E-state index >= 15 is 0 Å². The van der Waals surface area contributed by atoms with E-state index in [1.165, 1.54) is 32.8 Å². The lowest BCUT2D eigenvalue weighted by Crippen LogP contribution is -2.41. The number of rotatable bonds is 4. The maximum absolute atomic E-state index is 4.47. The van der Waals surface area contributed by atoms with Crippen LogP contribution >= 0.6 is 27.3 Å². The van der Waals surface area contributed by atoms with Crippen LogP contribution < -0.4 is 5.32 Å². The fourth-order valence-corrected chi connectivity index (χ4v) is 3.99. The van der Waals surface area contributed by atoms with Gasteiger partial charge in [-0.3, -0.25) is 0 Å². The molecule has 1 aromatic heterocycles. The van der Waals surface area contributed by atoms with E-state index in [4.69, 9.17) is 0 Å². The Morgan fingerprint density at radius 3 is 2.85 bits per heavy atom. The molecule has 106 valence electrons. The van der Waals surface area contributed by atoms with Gasteiger partial charge in [0.2, 0.25) is 0 Å². The molecule has 0 bridgehead atoms. The van der Waals surface area contributed by atoms with Crippen molar-refractivity contribution in [1.29, 1.82) is 0 Å². The average molecular weight is 351 g/mol. The molecule has 1 heterocycles. The van der Waals surface area contributed by atoms with Gasteiger partial charge < -0.3 is 5.32 Å². The first-order valence-electron chi connectivity index (χ1n) is 7.05. The minimum Gasteiger partial charge on any atom is -0.305 e. The summed E-state index contributed by atoms with van der Waals surface area (Å²) in [6.07, 6.45) is 4.42. The molecule has 0 spiro atoms. The molecule has 1 N–H and O–H groups in total. The van der Waals surface area contributed by atoms with E-state index in [0.29, 0.717) is 18.0 Å². The highest BCUT2D eigenvalue weighted by molar-refractivity contribution is 9.10. The number of benzene rings is 1. The molecule has 2 nitrogen and oxygen atoms in total. The van der Waals surface area contributed by atoms with E-state index in [1.807, 2.05) is 6.20 Å². The van der Waals surface area contributed by atoms with Crippen LogP contribution in [-0.2, 0) is 0 Å². The van der Waals surface area contributed by atoms with Crippen molar-refractivity contribution in [3.63, 3.8) is 0 Å². The van der Waals surface area contributed by atoms with Gasteiger partial charge >= 0.3 is 0 Å². The first-order valence-corrected chi connectivity index (χ1v) is 8.66. The fraction of sp³-hybridized carbons (Fsp3) is 0.438. The van der Waals surface area contributed by atoms with E-state index in [0.717, 1.165) is 0 Å². The second-order valence-electron chi connectivity index (χ2n) is 5.62. The van der Waals surface area contributed by atoms with Gasteiger partial charge in [-0.1, -0.05) is 28.1 Å². The second kappa shape index (κ2) is 5.96. The molecule has 1 unspecified atom stereocenters. The molecule has 1 aromatic carbocycles. The van der Waals surface area contributed by atoms with Crippen molar-refractivity contribution in [1.82, 2.24) is 10.3 Å². The van der Waals surface area contributed by atoms with Crippen LogP contribution in [0.3, 0.4) is 0 Å². The largest absolute Gasteiger partial charge is 0.305 e. The molecule has 1 atom stereocenters. The summed E-state index contributed by atoms with van der Waals surface area (Å²) in [6.45, 7) is 4.32. The first kappa shape index (κ1) is 14.2. The van der Waals surface area contributed by atoms with Gasteiger partial charge in [-0.2, -0.15) is 0 Å². The number of aryl methyl sites for hydroxylation is 1. The Morgan fingerprint density at radius 2 is 2.20 bits per heavy atom. The summed E-state index contributed by atoms with van der Waals surface area (Å²) in [5.41, 5.74) is 1.45. The number of hydrogen-bond donors (Lipinski definition) is 1. The van der Waals surface area contributed by atoms with Crippen molar-refractivity contribution in [3.05, 3.63) is 50.4 Å². The Kier molecular flexibility index (Phi) is 4.24. The summed E-state index contributed by atoms with van der Waals surface area (Å²) in [4.78, 5) is 5.75. The minimum atomic E-state index is 0.363. The zero-order valence-electron chi connectivity index (χ0n) is 11.8. The summed E-state index contributed by atoms with van der Waals surface area (Å²) < 4.78 is 1.18. The van der Waals surface area contributed by atoms with Crippen LogP contribution in [0.15, 0.2) is 34.9 Å². The fourth-order valence-electron chi connectivity index (χ4n) is 2.78. The van der Waals surface area contributed by atoms with E-state index in [-0.39, 0.29) is 0 Å². The first-order chi connectivity index (χ1) is 9.61. The summed E-state index contributed by atoms with van der Waals surface area (Å²) in [5, 5.41) is 4.90. The Labute approximate surface area is 132 Å². The molecular formula is C16H19BrN2S. The lowest BCUT2D eigenvalue weighted by atomic mass is 9.75. The molecule has 1 aliphatic rings. The van der Waals surface area contributed by atoms with E-state index in [2.05, 4.69) is 64.3 Å². The topological polar surface area (TPSA) is 24.9 Å². The van der Waals surface area contributed by atoms with Gasteiger partial charge in [-0.05, 0) is 50.3 Å². The van der Waals surface area contributed by atoms with E-state index in [1.54, 1.807) is 11.3 Å². The molecule has 0 amide bonds. The molecule has 3 rings (SSSR count). The quantitative estimate of drug-likeness (QED) is 0.855. The Morgan fingerprint density at radius 1 is 1.40 bits per heavy atom. The summed E-state index contributed by atoms with van der Waals surface area (Å²) >= 11 is 5.34. The van der Waals surface area contributed by atoms with Crippen LogP contribution in [0, 0.1) is 6.92 Å². The van der Waals surface area contributed by atoms with Crippen molar-refractivity contribution in [2.45, 2.75) is 44.7 Å². The van der Waals surface area contributed by atoms with Crippen molar-refractivity contribution < 1.29 is 0 Å². The van der Waals surface area contributed by atoms with Crippen LogP contribution in [0.2, 0.25) is 0 Å². The Balaban J connectivity index is 1.53. The minimum absolute atomic E-state index is 0.363. The molecule has 1 aliphatic carbocycles. The van der Waals surface area contributed by atoms with Crippen molar-refractivity contribution in [2.75, 3.05) is 0 Å². The molecule has 0 aliphatic heterocycles. The Bertz CT molecular complexity index is 590. The third-order valence-electron chi connectivity index (χ3n) is 3.95.